The molecule has 0 radical (unpaired) electrons. The first kappa shape index (κ1) is 12.0. The maximum absolute atomic E-state index is 13.0. The van der Waals surface area contributed by atoms with Gasteiger partial charge < -0.3 is 11.1 Å². The summed E-state index contributed by atoms with van der Waals surface area (Å²) in [4.78, 5) is 15.4. The number of hydrogen-bond acceptors (Lipinski definition) is 4. The van der Waals surface area contributed by atoms with Crippen LogP contribution in [0, 0.1) is 5.82 Å². The van der Waals surface area contributed by atoms with Gasteiger partial charge in [0, 0.05) is 0 Å². The highest BCUT2D eigenvalue weighted by Crippen LogP contribution is 2.13. The molecule has 1 atom stereocenters. The van der Waals surface area contributed by atoms with Gasteiger partial charge in [0.05, 0.1) is 6.04 Å². The Labute approximate surface area is 102 Å². The van der Waals surface area contributed by atoms with Crippen molar-refractivity contribution < 1.29 is 9.18 Å². The van der Waals surface area contributed by atoms with Gasteiger partial charge >= 0.3 is 0 Å². The number of rotatable bonds is 3. The van der Waals surface area contributed by atoms with Crippen molar-refractivity contribution in [2.45, 2.75) is 13.0 Å². The molecule has 0 aliphatic carbocycles. The van der Waals surface area contributed by atoms with Gasteiger partial charge in [-0.25, -0.2) is 4.39 Å². The summed E-state index contributed by atoms with van der Waals surface area (Å²) in [5.41, 5.74) is 5.96. The molecule has 18 heavy (non-hydrogen) atoms. The van der Waals surface area contributed by atoms with Gasteiger partial charge in [-0.15, -0.1) is 5.10 Å². The van der Waals surface area contributed by atoms with Crippen LogP contribution in [0.3, 0.4) is 0 Å². The molecule has 6 nitrogen and oxygen atoms in total. The number of aromatic nitrogens is 3. The zero-order valence-corrected chi connectivity index (χ0v) is 9.64. The molecule has 0 saturated carbocycles. The topological polar surface area (TPSA) is 96.7 Å². The fourth-order valence-electron chi connectivity index (χ4n) is 1.50. The van der Waals surface area contributed by atoms with Crippen LogP contribution in [-0.4, -0.2) is 21.1 Å². The molecule has 0 aliphatic heterocycles. The average Bonchev–Trinajstić information content (AvgIpc) is 2.76. The Bertz CT molecular complexity index is 568. The second kappa shape index (κ2) is 4.82. The number of benzene rings is 1. The van der Waals surface area contributed by atoms with Gasteiger partial charge in [-0.2, -0.15) is 4.98 Å². The van der Waals surface area contributed by atoms with Crippen molar-refractivity contribution in [1.29, 1.82) is 0 Å². The molecular weight excluding hydrogens is 237 g/mol. The molecule has 1 amide bonds. The molecule has 4 N–H and O–H groups in total. The lowest BCUT2D eigenvalue weighted by molar-refractivity contribution is 0.0929. The Hall–Kier alpha value is -2.44. The van der Waals surface area contributed by atoms with E-state index in [1.54, 1.807) is 19.1 Å². The van der Waals surface area contributed by atoms with Gasteiger partial charge in [-0.3, -0.25) is 9.89 Å². The number of halogens is 1. The fraction of sp³-hybridized carbons (Fsp3) is 0.182. The highest BCUT2D eigenvalue weighted by Gasteiger charge is 2.14. The number of H-pyrrole nitrogens is 1. The van der Waals surface area contributed by atoms with E-state index >= 15 is 0 Å². The zero-order chi connectivity index (χ0) is 13.1. The Morgan fingerprint density at radius 3 is 2.94 bits per heavy atom. The third kappa shape index (κ3) is 2.62. The van der Waals surface area contributed by atoms with Crippen LogP contribution in [0.15, 0.2) is 24.3 Å². The lowest BCUT2D eigenvalue weighted by Gasteiger charge is -2.13. The predicted molar refractivity (Wildman–Crippen MR) is 63.1 cm³/mol. The van der Waals surface area contributed by atoms with Gasteiger partial charge in [0.2, 0.25) is 11.8 Å². The van der Waals surface area contributed by atoms with Crippen LogP contribution in [-0.2, 0) is 0 Å². The van der Waals surface area contributed by atoms with E-state index in [0.29, 0.717) is 5.56 Å². The van der Waals surface area contributed by atoms with Gasteiger partial charge in [-0.1, -0.05) is 12.1 Å². The molecule has 0 aliphatic rings. The van der Waals surface area contributed by atoms with Crippen molar-refractivity contribution in [3.05, 3.63) is 41.5 Å². The van der Waals surface area contributed by atoms with E-state index < -0.39 is 5.91 Å². The van der Waals surface area contributed by atoms with Gasteiger partial charge in [-0.05, 0) is 24.6 Å². The number of anilines is 1. The summed E-state index contributed by atoms with van der Waals surface area (Å²) in [5, 5.41) is 8.61. The molecule has 1 aromatic heterocycles. The first-order valence-electron chi connectivity index (χ1n) is 5.30. The summed E-state index contributed by atoms with van der Waals surface area (Å²) in [6.07, 6.45) is 0. The van der Waals surface area contributed by atoms with E-state index in [1.807, 2.05) is 0 Å². The summed E-state index contributed by atoms with van der Waals surface area (Å²) < 4.78 is 13.0. The standard InChI is InChI=1S/C11H12FN5O/c1-6(7-3-2-4-8(12)5-7)14-10(18)9-15-11(13)17-16-9/h2-6H,1H3,(H,14,18)(H3,13,15,16,17)/t6-/m1/s1. The van der Waals surface area contributed by atoms with Gasteiger partial charge in [0.1, 0.15) is 5.82 Å². The second-order valence-electron chi connectivity index (χ2n) is 3.79. The van der Waals surface area contributed by atoms with E-state index in [9.17, 15) is 9.18 Å². The number of carbonyl (C=O) groups excluding carboxylic acids is 1. The van der Waals surface area contributed by atoms with Crippen molar-refractivity contribution in [2.24, 2.45) is 0 Å². The summed E-state index contributed by atoms with van der Waals surface area (Å²) in [5.74, 6) is -0.775. The van der Waals surface area contributed by atoms with Crippen LogP contribution < -0.4 is 11.1 Å². The molecule has 2 aromatic rings. The molecule has 0 fully saturated rings. The minimum Gasteiger partial charge on any atom is -0.366 e. The van der Waals surface area contributed by atoms with Crippen LogP contribution in [0.2, 0.25) is 0 Å². The van der Waals surface area contributed by atoms with Crippen LogP contribution in [0.25, 0.3) is 0 Å². The first-order chi connectivity index (χ1) is 8.56. The van der Waals surface area contributed by atoms with Crippen LogP contribution >= 0.6 is 0 Å². The first-order valence-corrected chi connectivity index (χ1v) is 5.30. The Morgan fingerprint density at radius 2 is 2.33 bits per heavy atom. The third-order valence-corrected chi connectivity index (χ3v) is 2.41. The number of amides is 1. The molecule has 1 heterocycles. The van der Waals surface area contributed by atoms with Crippen molar-refractivity contribution in [2.75, 3.05) is 5.73 Å². The quantitative estimate of drug-likeness (QED) is 0.756. The molecule has 2 rings (SSSR count). The summed E-state index contributed by atoms with van der Waals surface area (Å²) in [7, 11) is 0. The number of nitrogens with one attached hydrogen (secondary N) is 2. The van der Waals surface area contributed by atoms with E-state index in [4.69, 9.17) is 5.73 Å². The molecule has 1 aromatic carbocycles. The zero-order valence-electron chi connectivity index (χ0n) is 9.64. The summed E-state index contributed by atoms with van der Waals surface area (Å²) in [6, 6.07) is 5.66. The van der Waals surface area contributed by atoms with E-state index in [2.05, 4.69) is 20.5 Å². The SMILES string of the molecule is C[C@@H](NC(=O)c1nc(N)n[nH]1)c1cccc(F)c1. The highest BCUT2D eigenvalue weighted by atomic mass is 19.1. The molecule has 7 heteroatoms. The van der Waals surface area contributed by atoms with Crippen LogP contribution in [0.1, 0.15) is 29.1 Å². The van der Waals surface area contributed by atoms with Crippen molar-refractivity contribution in [3.63, 3.8) is 0 Å². The van der Waals surface area contributed by atoms with Crippen LogP contribution in [0.5, 0.6) is 0 Å². The van der Waals surface area contributed by atoms with Gasteiger partial charge in [0.15, 0.2) is 0 Å². The number of nitrogen functional groups attached to an aromatic ring is 1. The van der Waals surface area contributed by atoms with Gasteiger partial charge in [0.25, 0.3) is 5.91 Å². The monoisotopic (exact) mass is 249 g/mol. The largest absolute Gasteiger partial charge is 0.366 e. The lowest BCUT2D eigenvalue weighted by Crippen LogP contribution is -2.27. The third-order valence-electron chi connectivity index (χ3n) is 2.41. The second-order valence-corrected chi connectivity index (χ2v) is 3.79. The minimum absolute atomic E-state index is 0.00133. The number of nitrogens with zero attached hydrogens (tertiary/aromatic N) is 2. The van der Waals surface area contributed by atoms with Crippen molar-refractivity contribution in [1.82, 2.24) is 20.5 Å². The summed E-state index contributed by atoms with van der Waals surface area (Å²) >= 11 is 0. The Morgan fingerprint density at radius 1 is 1.56 bits per heavy atom. The number of aromatic amines is 1. The fourth-order valence-corrected chi connectivity index (χ4v) is 1.50. The molecule has 0 bridgehead atoms. The van der Waals surface area contributed by atoms with E-state index in [-0.39, 0.29) is 23.6 Å². The molecule has 94 valence electrons. The summed E-state index contributed by atoms with van der Waals surface area (Å²) in [6.45, 7) is 1.74. The predicted octanol–water partition coefficient (Wildman–Crippen LogP) is 1.02. The Balaban J connectivity index is 2.07. The average molecular weight is 249 g/mol. The normalized spacial score (nSPS) is 12.1. The molecule has 0 unspecified atom stereocenters. The smallest absolute Gasteiger partial charge is 0.289 e. The van der Waals surface area contributed by atoms with E-state index in [1.165, 1.54) is 12.1 Å². The molecule has 0 saturated heterocycles. The number of nitrogens with two attached hydrogens (primary N) is 1. The van der Waals surface area contributed by atoms with E-state index in [0.717, 1.165) is 0 Å². The maximum Gasteiger partial charge on any atom is 0.289 e. The number of carbonyl (C=O) groups is 1. The number of hydrogen-bond donors (Lipinski definition) is 3. The molecule has 0 spiro atoms. The van der Waals surface area contributed by atoms with Crippen molar-refractivity contribution in [3.8, 4) is 0 Å². The van der Waals surface area contributed by atoms with Crippen molar-refractivity contribution >= 4 is 11.9 Å². The minimum atomic E-state index is -0.448. The van der Waals surface area contributed by atoms with Crippen LogP contribution in [0.4, 0.5) is 10.3 Å². The maximum atomic E-state index is 13.0. The lowest BCUT2D eigenvalue weighted by atomic mass is 10.1. The Kier molecular flexibility index (Phi) is 3.22. The molecular formula is C11H12FN5O. The highest BCUT2D eigenvalue weighted by molar-refractivity contribution is 5.90.